The SMILES string of the molecule is O=C(NCc1ccc(F)cc1)N1CCO[C@H](c2ccc(F)c(Cl)c2)C1. The van der Waals surface area contributed by atoms with Crippen LogP contribution in [0.3, 0.4) is 0 Å². The molecule has 1 aliphatic heterocycles. The summed E-state index contributed by atoms with van der Waals surface area (Å²) >= 11 is 5.81. The average Bonchev–Trinajstić information content (AvgIpc) is 2.63. The number of halogens is 3. The van der Waals surface area contributed by atoms with E-state index in [1.807, 2.05) is 0 Å². The molecule has 0 aromatic heterocycles. The van der Waals surface area contributed by atoms with E-state index in [0.717, 1.165) is 11.1 Å². The van der Waals surface area contributed by atoms with Crippen molar-refractivity contribution in [3.63, 3.8) is 0 Å². The summed E-state index contributed by atoms with van der Waals surface area (Å²) in [7, 11) is 0. The maximum atomic E-state index is 13.3. The molecule has 0 saturated carbocycles. The number of carbonyl (C=O) groups is 1. The first kappa shape index (κ1) is 17.6. The Balaban J connectivity index is 1.59. The molecule has 2 aromatic rings. The van der Waals surface area contributed by atoms with Gasteiger partial charge < -0.3 is 15.0 Å². The summed E-state index contributed by atoms with van der Waals surface area (Å²) in [5, 5.41) is 2.83. The lowest BCUT2D eigenvalue weighted by molar-refractivity contribution is -0.0155. The molecule has 1 N–H and O–H groups in total. The predicted octanol–water partition coefficient (Wildman–Crippen LogP) is 3.90. The van der Waals surface area contributed by atoms with Gasteiger partial charge in [0.25, 0.3) is 0 Å². The molecular weight excluding hydrogens is 350 g/mol. The van der Waals surface area contributed by atoms with E-state index in [1.165, 1.54) is 24.3 Å². The van der Waals surface area contributed by atoms with Crippen LogP contribution in [-0.4, -0.2) is 30.6 Å². The lowest BCUT2D eigenvalue weighted by Gasteiger charge is -2.33. The van der Waals surface area contributed by atoms with Gasteiger partial charge in [-0.05, 0) is 35.4 Å². The van der Waals surface area contributed by atoms with E-state index in [2.05, 4.69) is 5.32 Å². The van der Waals surface area contributed by atoms with Crippen molar-refractivity contribution in [2.24, 2.45) is 0 Å². The summed E-state index contributed by atoms with van der Waals surface area (Å²) in [6.07, 6.45) is -0.358. The number of urea groups is 1. The van der Waals surface area contributed by atoms with E-state index < -0.39 is 5.82 Å². The van der Waals surface area contributed by atoms with Crippen LogP contribution in [0.25, 0.3) is 0 Å². The van der Waals surface area contributed by atoms with Crippen LogP contribution in [0, 0.1) is 11.6 Å². The second-order valence-corrected chi connectivity index (χ2v) is 6.17. The first-order chi connectivity index (χ1) is 12.0. The number of carbonyl (C=O) groups excluding carboxylic acids is 1. The Kier molecular flexibility index (Phi) is 5.50. The number of hydrogen-bond donors (Lipinski definition) is 1. The van der Waals surface area contributed by atoms with Gasteiger partial charge in [-0.25, -0.2) is 13.6 Å². The van der Waals surface area contributed by atoms with Gasteiger partial charge in [0, 0.05) is 13.1 Å². The molecular formula is C18H17ClF2N2O2. The highest BCUT2D eigenvalue weighted by molar-refractivity contribution is 6.30. The molecule has 1 saturated heterocycles. The molecule has 0 unspecified atom stereocenters. The Bertz CT molecular complexity index is 755. The van der Waals surface area contributed by atoms with Crippen molar-refractivity contribution in [3.8, 4) is 0 Å². The number of hydrogen-bond acceptors (Lipinski definition) is 2. The Hall–Kier alpha value is -2.18. The number of morpholine rings is 1. The zero-order valence-corrected chi connectivity index (χ0v) is 14.1. The lowest BCUT2D eigenvalue weighted by Crippen LogP contribution is -2.46. The predicted molar refractivity (Wildman–Crippen MR) is 90.3 cm³/mol. The third kappa shape index (κ3) is 4.46. The maximum absolute atomic E-state index is 13.3. The second kappa shape index (κ2) is 7.80. The van der Waals surface area contributed by atoms with E-state index >= 15 is 0 Å². The highest BCUT2D eigenvalue weighted by Crippen LogP contribution is 2.26. The molecule has 7 heteroatoms. The minimum absolute atomic E-state index is 0.0268. The number of amides is 2. The third-order valence-corrected chi connectivity index (χ3v) is 4.32. The van der Waals surface area contributed by atoms with Crippen LogP contribution in [0.1, 0.15) is 17.2 Å². The van der Waals surface area contributed by atoms with Crippen LogP contribution in [0.4, 0.5) is 13.6 Å². The van der Waals surface area contributed by atoms with Crippen molar-refractivity contribution >= 4 is 17.6 Å². The van der Waals surface area contributed by atoms with Gasteiger partial charge in [-0.3, -0.25) is 0 Å². The van der Waals surface area contributed by atoms with Crippen molar-refractivity contribution in [3.05, 3.63) is 70.2 Å². The number of rotatable bonds is 3. The van der Waals surface area contributed by atoms with Crippen molar-refractivity contribution in [1.82, 2.24) is 10.2 Å². The molecule has 0 aliphatic carbocycles. The van der Waals surface area contributed by atoms with Gasteiger partial charge in [0.1, 0.15) is 17.7 Å². The Morgan fingerprint density at radius 2 is 2.00 bits per heavy atom. The summed E-state index contributed by atoms with van der Waals surface area (Å²) in [5.41, 5.74) is 1.53. The summed E-state index contributed by atoms with van der Waals surface area (Å²) < 4.78 is 31.8. The number of ether oxygens (including phenoxy) is 1. The Morgan fingerprint density at radius 3 is 2.72 bits per heavy atom. The van der Waals surface area contributed by atoms with Gasteiger partial charge >= 0.3 is 6.03 Å². The summed E-state index contributed by atoms with van der Waals surface area (Å²) in [5.74, 6) is -0.806. The molecule has 132 valence electrons. The lowest BCUT2D eigenvalue weighted by atomic mass is 10.1. The van der Waals surface area contributed by atoms with Crippen molar-refractivity contribution < 1.29 is 18.3 Å². The van der Waals surface area contributed by atoms with Gasteiger partial charge in [0.15, 0.2) is 0 Å². The molecule has 3 rings (SSSR count). The maximum Gasteiger partial charge on any atom is 0.317 e. The van der Waals surface area contributed by atoms with Gasteiger partial charge in [0.05, 0.1) is 18.2 Å². The second-order valence-electron chi connectivity index (χ2n) is 5.76. The van der Waals surface area contributed by atoms with E-state index in [-0.39, 0.29) is 23.0 Å². The molecule has 0 radical (unpaired) electrons. The molecule has 1 heterocycles. The van der Waals surface area contributed by atoms with Crippen molar-refractivity contribution in [1.29, 1.82) is 0 Å². The fraction of sp³-hybridized carbons (Fsp3) is 0.278. The first-order valence-electron chi connectivity index (χ1n) is 7.86. The molecule has 0 bridgehead atoms. The molecule has 1 fully saturated rings. The van der Waals surface area contributed by atoms with Crippen molar-refractivity contribution in [2.45, 2.75) is 12.6 Å². The van der Waals surface area contributed by atoms with Crippen LogP contribution >= 0.6 is 11.6 Å². The quantitative estimate of drug-likeness (QED) is 0.895. The van der Waals surface area contributed by atoms with Crippen LogP contribution < -0.4 is 5.32 Å². The van der Waals surface area contributed by atoms with Crippen LogP contribution in [0.15, 0.2) is 42.5 Å². The monoisotopic (exact) mass is 366 g/mol. The average molecular weight is 367 g/mol. The zero-order chi connectivity index (χ0) is 17.8. The normalized spacial score (nSPS) is 17.4. The number of benzene rings is 2. The number of nitrogens with zero attached hydrogens (tertiary/aromatic N) is 1. The molecule has 1 aliphatic rings. The van der Waals surface area contributed by atoms with E-state index in [4.69, 9.17) is 16.3 Å². The summed E-state index contributed by atoms with van der Waals surface area (Å²) in [6.45, 7) is 1.49. The largest absolute Gasteiger partial charge is 0.370 e. The van der Waals surface area contributed by atoms with Gasteiger partial charge in [0.2, 0.25) is 0 Å². The minimum Gasteiger partial charge on any atom is -0.370 e. The third-order valence-electron chi connectivity index (χ3n) is 4.03. The minimum atomic E-state index is -0.491. The topological polar surface area (TPSA) is 41.6 Å². The van der Waals surface area contributed by atoms with E-state index in [0.29, 0.717) is 26.2 Å². The fourth-order valence-electron chi connectivity index (χ4n) is 2.64. The zero-order valence-electron chi connectivity index (χ0n) is 13.3. The van der Waals surface area contributed by atoms with Gasteiger partial charge in [-0.1, -0.05) is 29.8 Å². The molecule has 0 spiro atoms. The summed E-state index contributed by atoms with van der Waals surface area (Å²) in [6, 6.07) is 10.1. The first-order valence-corrected chi connectivity index (χ1v) is 8.24. The van der Waals surface area contributed by atoms with Crippen molar-refractivity contribution in [2.75, 3.05) is 19.7 Å². The van der Waals surface area contributed by atoms with Crippen LogP contribution in [-0.2, 0) is 11.3 Å². The number of nitrogens with one attached hydrogen (secondary N) is 1. The van der Waals surface area contributed by atoms with E-state index in [1.54, 1.807) is 23.1 Å². The highest BCUT2D eigenvalue weighted by atomic mass is 35.5. The smallest absolute Gasteiger partial charge is 0.317 e. The Labute approximate surface area is 149 Å². The molecule has 25 heavy (non-hydrogen) atoms. The summed E-state index contributed by atoms with van der Waals surface area (Å²) in [4.78, 5) is 14.0. The van der Waals surface area contributed by atoms with Gasteiger partial charge in [-0.15, -0.1) is 0 Å². The standard InChI is InChI=1S/C18H17ClF2N2O2/c19-15-9-13(3-6-16(15)21)17-11-23(7-8-25-17)18(24)22-10-12-1-4-14(20)5-2-12/h1-6,9,17H,7-8,10-11H2,(H,22,24)/t17-/m0/s1. The molecule has 4 nitrogen and oxygen atoms in total. The van der Waals surface area contributed by atoms with Crippen LogP contribution in [0.5, 0.6) is 0 Å². The van der Waals surface area contributed by atoms with Gasteiger partial charge in [-0.2, -0.15) is 0 Å². The fourth-order valence-corrected chi connectivity index (χ4v) is 2.83. The highest BCUT2D eigenvalue weighted by Gasteiger charge is 2.25. The van der Waals surface area contributed by atoms with E-state index in [9.17, 15) is 13.6 Å². The molecule has 2 aromatic carbocycles. The molecule has 1 atom stereocenters. The van der Waals surface area contributed by atoms with Crippen LogP contribution in [0.2, 0.25) is 5.02 Å². The molecule has 2 amide bonds. The Morgan fingerprint density at radius 1 is 1.24 bits per heavy atom.